The van der Waals surface area contributed by atoms with Gasteiger partial charge in [-0.3, -0.25) is 4.79 Å². The average molecular weight is 254 g/mol. The van der Waals surface area contributed by atoms with Crippen molar-refractivity contribution in [2.75, 3.05) is 7.11 Å². The zero-order chi connectivity index (χ0) is 13.8. The van der Waals surface area contributed by atoms with Crippen LogP contribution >= 0.6 is 0 Å². The van der Waals surface area contributed by atoms with Gasteiger partial charge in [-0.25, -0.2) is 0 Å². The summed E-state index contributed by atoms with van der Waals surface area (Å²) in [5.74, 6) is 0.962. The highest BCUT2D eigenvalue weighted by molar-refractivity contribution is 5.83. The van der Waals surface area contributed by atoms with E-state index >= 15 is 0 Å². The van der Waals surface area contributed by atoms with Gasteiger partial charge in [-0.2, -0.15) is 0 Å². The summed E-state index contributed by atoms with van der Waals surface area (Å²) in [6.07, 6.45) is 0.431. The van der Waals surface area contributed by atoms with Crippen molar-refractivity contribution in [3.8, 4) is 16.9 Å². The lowest BCUT2D eigenvalue weighted by Gasteiger charge is -2.13. The molecular formula is C17H18O2. The molecule has 0 amide bonds. The summed E-state index contributed by atoms with van der Waals surface area (Å²) in [7, 11) is 1.66. The number of rotatable bonds is 4. The van der Waals surface area contributed by atoms with Gasteiger partial charge in [0.2, 0.25) is 0 Å². The van der Waals surface area contributed by atoms with Crippen molar-refractivity contribution in [1.29, 1.82) is 0 Å². The number of carbonyl (C=O) groups is 1. The van der Waals surface area contributed by atoms with Crippen LogP contribution in [0, 0.1) is 6.92 Å². The fourth-order valence-corrected chi connectivity index (χ4v) is 2.21. The Morgan fingerprint density at radius 3 is 2.37 bits per heavy atom. The Bertz CT molecular complexity index is 583. The summed E-state index contributed by atoms with van der Waals surface area (Å²) in [6.45, 7) is 3.67. The van der Waals surface area contributed by atoms with Gasteiger partial charge in [0.15, 0.2) is 0 Å². The second kappa shape index (κ2) is 5.70. The topological polar surface area (TPSA) is 26.3 Å². The van der Waals surface area contributed by atoms with Gasteiger partial charge in [0, 0.05) is 12.0 Å². The van der Waals surface area contributed by atoms with Crippen molar-refractivity contribution in [1.82, 2.24) is 0 Å². The van der Waals surface area contributed by atoms with Gasteiger partial charge in [-0.05, 0) is 31.0 Å². The molecule has 0 aliphatic heterocycles. The van der Waals surface area contributed by atoms with Crippen LogP contribution in [-0.2, 0) is 11.2 Å². The molecule has 2 heteroatoms. The summed E-state index contributed by atoms with van der Waals surface area (Å²) in [6, 6.07) is 14.1. The SMILES string of the molecule is COc1cccc(CC(C)=O)c1-c1ccc(C)cc1. The standard InChI is InChI=1S/C17H18O2/c1-12-7-9-14(10-8-12)17-15(11-13(2)18)5-4-6-16(17)19-3/h4-10H,11H2,1-3H3. The maximum Gasteiger partial charge on any atom is 0.134 e. The Labute approximate surface area is 114 Å². The van der Waals surface area contributed by atoms with E-state index in [1.54, 1.807) is 14.0 Å². The molecule has 2 aromatic carbocycles. The van der Waals surface area contributed by atoms with Crippen LogP contribution in [0.3, 0.4) is 0 Å². The third-order valence-corrected chi connectivity index (χ3v) is 3.11. The number of benzene rings is 2. The predicted octanol–water partition coefficient (Wildman–Crippen LogP) is 3.80. The molecule has 0 saturated carbocycles. The van der Waals surface area contributed by atoms with E-state index in [2.05, 4.69) is 31.2 Å². The molecule has 0 N–H and O–H groups in total. The Kier molecular flexibility index (Phi) is 4.00. The molecule has 0 bridgehead atoms. The van der Waals surface area contributed by atoms with Crippen molar-refractivity contribution >= 4 is 5.78 Å². The van der Waals surface area contributed by atoms with E-state index in [9.17, 15) is 4.79 Å². The number of methoxy groups -OCH3 is 1. The van der Waals surface area contributed by atoms with Gasteiger partial charge in [-0.1, -0.05) is 42.0 Å². The molecule has 2 aromatic rings. The lowest BCUT2D eigenvalue weighted by molar-refractivity contribution is -0.116. The highest BCUT2D eigenvalue weighted by atomic mass is 16.5. The average Bonchev–Trinajstić information content (AvgIpc) is 2.39. The van der Waals surface area contributed by atoms with Crippen LogP contribution in [0.25, 0.3) is 11.1 Å². The molecule has 0 heterocycles. The Morgan fingerprint density at radius 2 is 1.79 bits per heavy atom. The smallest absolute Gasteiger partial charge is 0.134 e. The molecule has 0 unspecified atom stereocenters. The monoisotopic (exact) mass is 254 g/mol. The van der Waals surface area contributed by atoms with Gasteiger partial charge in [-0.15, -0.1) is 0 Å². The minimum atomic E-state index is 0.154. The number of aryl methyl sites for hydroxylation is 1. The minimum absolute atomic E-state index is 0.154. The molecule has 0 aliphatic rings. The Morgan fingerprint density at radius 1 is 1.11 bits per heavy atom. The van der Waals surface area contributed by atoms with Crippen molar-refractivity contribution in [3.05, 3.63) is 53.6 Å². The lowest BCUT2D eigenvalue weighted by Crippen LogP contribution is -2.00. The van der Waals surface area contributed by atoms with Crippen LogP contribution in [0.4, 0.5) is 0 Å². The van der Waals surface area contributed by atoms with Crippen molar-refractivity contribution in [2.45, 2.75) is 20.3 Å². The maximum atomic E-state index is 11.4. The summed E-state index contributed by atoms with van der Waals surface area (Å²) in [4.78, 5) is 11.4. The molecule has 0 atom stereocenters. The number of Topliss-reactive ketones (excluding diaryl/α,β-unsaturated/α-hetero) is 1. The highest BCUT2D eigenvalue weighted by Crippen LogP contribution is 2.33. The Balaban J connectivity index is 2.57. The van der Waals surface area contributed by atoms with Crippen LogP contribution < -0.4 is 4.74 Å². The molecule has 0 aromatic heterocycles. The fraction of sp³-hybridized carbons (Fsp3) is 0.235. The molecule has 2 nitrogen and oxygen atoms in total. The number of carbonyl (C=O) groups excluding carboxylic acids is 1. The Hall–Kier alpha value is -2.09. The number of ether oxygens (including phenoxy) is 1. The van der Waals surface area contributed by atoms with Crippen LogP contribution in [0.1, 0.15) is 18.1 Å². The lowest BCUT2D eigenvalue weighted by atomic mass is 9.95. The van der Waals surface area contributed by atoms with E-state index in [0.29, 0.717) is 6.42 Å². The molecule has 0 radical (unpaired) electrons. The van der Waals surface area contributed by atoms with Gasteiger partial charge >= 0.3 is 0 Å². The maximum absolute atomic E-state index is 11.4. The fourth-order valence-electron chi connectivity index (χ4n) is 2.21. The number of ketones is 1. The number of hydrogen-bond acceptors (Lipinski definition) is 2. The first-order chi connectivity index (χ1) is 9.11. The van der Waals surface area contributed by atoms with Crippen LogP contribution in [0.15, 0.2) is 42.5 Å². The van der Waals surface area contributed by atoms with Crippen molar-refractivity contribution in [3.63, 3.8) is 0 Å². The molecule has 19 heavy (non-hydrogen) atoms. The van der Waals surface area contributed by atoms with Gasteiger partial charge < -0.3 is 4.74 Å². The first kappa shape index (κ1) is 13.3. The second-order valence-corrected chi connectivity index (χ2v) is 4.74. The van der Waals surface area contributed by atoms with Crippen LogP contribution in [0.2, 0.25) is 0 Å². The van der Waals surface area contributed by atoms with Gasteiger partial charge in [0.05, 0.1) is 7.11 Å². The largest absolute Gasteiger partial charge is 0.496 e. The van der Waals surface area contributed by atoms with Crippen molar-refractivity contribution < 1.29 is 9.53 Å². The zero-order valence-electron chi connectivity index (χ0n) is 11.6. The van der Waals surface area contributed by atoms with Crippen LogP contribution in [0.5, 0.6) is 5.75 Å². The van der Waals surface area contributed by atoms with E-state index in [1.807, 2.05) is 18.2 Å². The summed E-state index contributed by atoms with van der Waals surface area (Å²) >= 11 is 0. The molecule has 0 aliphatic carbocycles. The highest BCUT2D eigenvalue weighted by Gasteiger charge is 2.12. The van der Waals surface area contributed by atoms with Crippen molar-refractivity contribution in [2.24, 2.45) is 0 Å². The number of hydrogen-bond donors (Lipinski definition) is 0. The quantitative estimate of drug-likeness (QED) is 0.829. The third kappa shape index (κ3) is 3.02. The zero-order valence-corrected chi connectivity index (χ0v) is 11.6. The van der Waals surface area contributed by atoms with E-state index in [0.717, 1.165) is 22.4 Å². The van der Waals surface area contributed by atoms with E-state index < -0.39 is 0 Å². The first-order valence-corrected chi connectivity index (χ1v) is 6.34. The minimum Gasteiger partial charge on any atom is -0.496 e. The molecule has 98 valence electrons. The first-order valence-electron chi connectivity index (χ1n) is 6.34. The van der Waals surface area contributed by atoms with Gasteiger partial charge in [0.25, 0.3) is 0 Å². The molecule has 0 saturated heterocycles. The van der Waals surface area contributed by atoms with E-state index in [1.165, 1.54) is 5.56 Å². The summed E-state index contributed by atoms with van der Waals surface area (Å²) < 4.78 is 5.44. The van der Waals surface area contributed by atoms with E-state index in [4.69, 9.17) is 4.74 Å². The predicted molar refractivity (Wildman–Crippen MR) is 77.6 cm³/mol. The second-order valence-electron chi connectivity index (χ2n) is 4.74. The normalized spacial score (nSPS) is 10.3. The van der Waals surface area contributed by atoms with E-state index in [-0.39, 0.29) is 5.78 Å². The molecular weight excluding hydrogens is 236 g/mol. The summed E-state index contributed by atoms with van der Waals surface area (Å²) in [5.41, 5.74) is 4.32. The van der Waals surface area contributed by atoms with Crippen LogP contribution in [-0.4, -0.2) is 12.9 Å². The molecule has 0 spiro atoms. The molecule has 0 fully saturated rings. The molecule has 2 rings (SSSR count). The van der Waals surface area contributed by atoms with Gasteiger partial charge in [0.1, 0.15) is 11.5 Å². The third-order valence-electron chi connectivity index (χ3n) is 3.11. The summed E-state index contributed by atoms with van der Waals surface area (Å²) in [5, 5.41) is 0.